The van der Waals surface area contributed by atoms with Gasteiger partial charge in [-0.2, -0.15) is 0 Å². The van der Waals surface area contributed by atoms with E-state index in [-0.39, 0.29) is 0 Å². The minimum Gasteiger partial charge on any atom is -0.493 e. The molecule has 0 amide bonds. The molecule has 0 aromatic heterocycles. The molecule has 2 rings (SSSR count). The van der Waals surface area contributed by atoms with Gasteiger partial charge in [0.15, 0.2) is 0 Å². The first-order valence-corrected chi connectivity index (χ1v) is 8.44. The number of rotatable bonds is 7. The van der Waals surface area contributed by atoms with Crippen molar-refractivity contribution in [3.05, 3.63) is 18.2 Å². The van der Waals surface area contributed by atoms with Crippen LogP contribution in [0.2, 0.25) is 0 Å². The number of benzene rings is 1. The Morgan fingerprint density at radius 1 is 1.19 bits per heavy atom. The van der Waals surface area contributed by atoms with E-state index < -0.39 is 0 Å². The van der Waals surface area contributed by atoms with Crippen molar-refractivity contribution in [2.75, 3.05) is 24.2 Å². The number of nitrogen functional groups attached to an aromatic ring is 1. The van der Waals surface area contributed by atoms with Crippen LogP contribution in [0.15, 0.2) is 18.2 Å². The highest BCUT2D eigenvalue weighted by Gasteiger charge is 2.17. The minimum atomic E-state index is 0.739. The maximum atomic E-state index is 5.94. The molecule has 0 radical (unpaired) electrons. The molecule has 0 aliphatic heterocycles. The molecule has 0 heterocycles. The van der Waals surface area contributed by atoms with Gasteiger partial charge in [-0.1, -0.05) is 39.5 Å². The molecule has 21 heavy (non-hydrogen) atoms. The van der Waals surface area contributed by atoms with Gasteiger partial charge in [0, 0.05) is 30.1 Å². The SMILES string of the molecule is CCCOc1cc(N)cc(NCCC2CCC(C)CC2)c1. The van der Waals surface area contributed by atoms with Gasteiger partial charge in [-0.3, -0.25) is 0 Å². The normalized spacial score (nSPS) is 22.0. The summed E-state index contributed by atoms with van der Waals surface area (Å²) in [7, 11) is 0. The fourth-order valence-electron chi connectivity index (χ4n) is 3.07. The Bertz CT molecular complexity index is 425. The second kappa shape index (κ2) is 8.16. The van der Waals surface area contributed by atoms with E-state index in [1.807, 2.05) is 12.1 Å². The average Bonchev–Trinajstić information content (AvgIpc) is 2.47. The number of anilines is 2. The first kappa shape index (κ1) is 16.0. The second-order valence-electron chi connectivity index (χ2n) is 6.48. The standard InChI is InChI=1S/C18H30N2O/c1-3-10-21-18-12-16(19)11-17(13-18)20-9-8-15-6-4-14(2)5-7-15/h11-15,20H,3-10,19H2,1-2H3. The van der Waals surface area contributed by atoms with Gasteiger partial charge >= 0.3 is 0 Å². The topological polar surface area (TPSA) is 47.3 Å². The highest BCUT2D eigenvalue weighted by Crippen LogP contribution is 2.30. The number of nitrogens with one attached hydrogen (secondary N) is 1. The zero-order valence-corrected chi connectivity index (χ0v) is 13.5. The van der Waals surface area contributed by atoms with Crippen LogP contribution in [-0.2, 0) is 0 Å². The zero-order chi connectivity index (χ0) is 15.1. The van der Waals surface area contributed by atoms with Gasteiger partial charge < -0.3 is 15.8 Å². The first-order valence-electron chi connectivity index (χ1n) is 8.44. The first-order chi connectivity index (χ1) is 10.2. The molecule has 0 bridgehead atoms. The summed E-state index contributed by atoms with van der Waals surface area (Å²) in [6.07, 6.45) is 7.86. The van der Waals surface area contributed by atoms with E-state index in [9.17, 15) is 0 Å². The predicted octanol–water partition coefficient (Wildman–Crippen LogP) is 4.69. The Balaban J connectivity index is 1.78. The summed E-state index contributed by atoms with van der Waals surface area (Å²) in [6.45, 7) is 6.24. The van der Waals surface area contributed by atoms with E-state index >= 15 is 0 Å². The Kier molecular flexibility index (Phi) is 6.21. The lowest BCUT2D eigenvalue weighted by Crippen LogP contribution is -2.15. The molecular formula is C18H30N2O. The lowest BCUT2D eigenvalue weighted by Gasteiger charge is -2.26. The number of hydrogen-bond acceptors (Lipinski definition) is 3. The molecule has 1 aliphatic carbocycles. The van der Waals surface area contributed by atoms with Crippen LogP contribution in [-0.4, -0.2) is 13.2 Å². The molecular weight excluding hydrogens is 260 g/mol. The van der Waals surface area contributed by atoms with Crippen LogP contribution < -0.4 is 15.8 Å². The molecule has 0 atom stereocenters. The van der Waals surface area contributed by atoms with E-state index in [0.29, 0.717) is 0 Å². The summed E-state index contributed by atoms with van der Waals surface area (Å²) in [6, 6.07) is 5.93. The molecule has 1 aliphatic rings. The molecule has 3 heteroatoms. The van der Waals surface area contributed by atoms with Gasteiger partial charge in [0.2, 0.25) is 0 Å². The van der Waals surface area contributed by atoms with Gasteiger partial charge in [-0.25, -0.2) is 0 Å². The molecule has 1 fully saturated rings. The largest absolute Gasteiger partial charge is 0.493 e. The van der Waals surface area contributed by atoms with Gasteiger partial charge in [0.1, 0.15) is 5.75 Å². The van der Waals surface area contributed by atoms with Crippen LogP contribution in [0.1, 0.15) is 52.4 Å². The summed E-state index contributed by atoms with van der Waals surface area (Å²) < 4.78 is 5.66. The Morgan fingerprint density at radius 3 is 2.67 bits per heavy atom. The summed E-state index contributed by atoms with van der Waals surface area (Å²) in [5, 5.41) is 3.50. The fourth-order valence-corrected chi connectivity index (χ4v) is 3.07. The van der Waals surface area contributed by atoms with Crippen molar-refractivity contribution in [1.29, 1.82) is 0 Å². The molecule has 0 saturated heterocycles. The van der Waals surface area contributed by atoms with Crippen molar-refractivity contribution in [2.24, 2.45) is 11.8 Å². The summed E-state index contributed by atoms with van der Waals surface area (Å²) in [5.41, 5.74) is 7.78. The Hall–Kier alpha value is -1.38. The predicted molar refractivity (Wildman–Crippen MR) is 90.9 cm³/mol. The zero-order valence-electron chi connectivity index (χ0n) is 13.5. The van der Waals surface area contributed by atoms with E-state index in [1.165, 1.54) is 32.1 Å². The van der Waals surface area contributed by atoms with Crippen LogP contribution in [0.25, 0.3) is 0 Å². The molecule has 1 saturated carbocycles. The van der Waals surface area contributed by atoms with Gasteiger partial charge in [-0.05, 0) is 30.7 Å². The molecule has 118 valence electrons. The second-order valence-corrected chi connectivity index (χ2v) is 6.48. The van der Waals surface area contributed by atoms with Gasteiger partial charge in [0.05, 0.1) is 6.61 Å². The maximum absolute atomic E-state index is 5.94. The van der Waals surface area contributed by atoms with Gasteiger partial charge in [0.25, 0.3) is 0 Å². The van der Waals surface area contributed by atoms with Crippen LogP contribution in [0.5, 0.6) is 5.75 Å². The third-order valence-electron chi connectivity index (χ3n) is 4.42. The molecule has 1 aromatic carbocycles. The van der Waals surface area contributed by atoms with Crippen molar-refractivity contribution < 1.29 is 4.74 Å². The number of nitrogens with two attached hydrogens (primary N) is 1. The smallest absolute Gasteiger partial charge is 0.123 e. The van der Waals surface area contributed by atoms with Crippen LogP contribution in [0, 0.1) is 11.8 Å². The van der Waals surface area contributed by atoms with E-state index in [0.717, 1.165) is 48.5 Å². The summed E-state index contributed by atoms with van der Waals surface area (Å²) in [4.78, 5) is 0. The van der Waals surface area contributed by atoms with Crippen molar-refractivity contribution in [3.8, 4) is 5.75 Å². The Labute approximate surface area is 129 Å². The lowest BCUT2D eigenvalue weighted by atomic mass is 9.81. The highest BCUT2D eigenvalue weighted by molar-refractivity contribution is 5.59. The molecule has 3 N–H and O–H groups in total. The molecule has 3 nitrogen and oxygen atoms in total. The van der Waals surface area contributed by atoms with E-state index in [4.69, 9.17) is 10.5 Å². The molecule has 1 aromatic rings. The summed E-state index contributed by atoms with van der Waals surface area (Å²) >= 11 is 0. The number of hydrogen-bond donors (Lipinski definition) is 2. The van der Waals surface area contributed by atoms with Crippen LogP contribution in [0.4, 0.5) is 11.4 Å². The van der Waals surface area contributed by atoms with E-state index in [2.05, 4.69) is 25.2 Å². The average molecular weight is 290 g/mol. The van der Waals surface area contributed by atoms with Crippen LogP contribution >= 0.6 is 0 Å². The molecule has 0 spiro atoms. The Morgan fingerprint density at radius 2 is 1.95 bits per heavy atom. The van der Waals surface area contributed by atoms with Crippen molar-refractivity contribution in [2.45, 2.75) is 52.4 Å². The van der Waals surface area contributed by atoms with Gasteiger partial charge in [-0.15, -0.1) is 0 Å². The molecule has 0 unspecified atom stereocenters. The monoisotopic (exact) mass is 290 g/mol. The third kappa shape index (κ3) is 5.49. The van der Waals surface area contributed by atoms with Crippen LogP contribution in [0.3, 0.4) is 0 Å². The summed E-state index contributed by atoms with van der Waals surface area (Å²) in [5.74, 6) is 2.69. The van der Waals surface area contributed by atoms with Crippen molar-refractivity contribution in [1.82, 2.24) is 0 Å². The van der Waals surface area contributed by atoms with Crippen molar-refractivity contribution >= 4 is 11.4 Å². The maximum Gasteiger partial charge on any atom is 0.123 e. The minimum absolute atomic E-state index is 0.739. The van der Waals surface area contributed by atoms with E-state index in [1.54, 1.807) is 0 Å². The third-order valence-corrected chi connectivity index (χ3v) is 4.42. The lowest BCUT2D eigenvalue weighted by molar-refractivity contribution is 0.282. The fraction of sp³-hybridized carbons (Fsp3) is 0.667. The number of ether oxygens (including phenoxy) is 1. The quantitative estimate of drug-likeness (QED) is 0.716. The highest BCUT2D eigenvalue weighted by atomic mass is 16.5. The van der Waals surface area contributed by atoms with Crippen molar-refractivity contribution in [3.63, 3.8) is 0 Å².